The van der Waals surface area contributed by atoms with Crippen molar-refractivity contribution in [2.24, 2.45) is 5.14 Å². The van der Waals surface area contributed by atoms with Gasteiger partial charge in [0, 0.05) is 0 Å². The van der Waals surface area contributed by atoms with Crippen LogP contribution < -0.4 is 10.9 Å². The van der Waals surface area contributed by atoms with Gasteiger partial charge in [-0.15, -0.1) is 0 Å². The first-order valence-corrected chi connectivity index (χ1v) is 5.36. The summed E-state index contributed by atoms with van der Waals surface area (Å²) in [4.78, 5) is 3.00. The normalized spacial score (nSPS) is 12.1. The largest absolute Gasteiger partial charge is 0.398 e. The van der Waals surface area contributed by atoms with Gasteiger partial charge in [-0.2, -0.15) is 0 Å². The van der Waals surface area contributed by atoms with Gasteiger partial charge in [-0.3, -0.25) is 4.98 Å². The molecule has 1 heterocycles. The summed E-state index contributed by atoms with van der Waals surface area (Å²) in [5.74, 6) is 0. The van der Waals surface area contributed by atoms with Crippen molar-refractivity contribution >= 4 is 15.7 Å². The number of primary sulfonamides is 1. The molecule has 5 nitrogen and oxygen atoms in total. The number of halogens is 2. The van der Waals surface area contributed by atoms with E-state index in [0.717, 1.165) is 6.07 Å². The molecule has 0 saturated carbocycles. The lowest BCUT2D eigenvalue weighted by Gasteiger charge is -2.08. The molecule has 84 valence electrons. The van der Waals surface area contributed by atoms with Crippen LogP contribution in [0.5, 0.6) is 0 Å². The molecule has 1 aromatic rings. The molecule has 0 bridgehead atoms. The molecule has 1 rings (SSSR count). The summed E-state index contributed by atoms with van der Waals surface area (Å²) in [5, 5.41) is 4.85. The van der Waals surface area contributed by atoms with Gasteiger partial charge in [-0.05, 0) is 13.0 Å². The Hall–Kier alpha value is -1.28. The molecule has 15 heavy (non-hydrogen) atoms. The van der Waals surface area contributed by atoms with Gasteiger partial charge in [0.2, 0.25) is 10.0 Å². The minimum Gasteiger partial charge on any atom is -0.398 e. The molecule has 0 spiro atoms. The standard InChI is InChI=1S/C7H9F2N3O2S/c1-3-6(15(11,13)14)4(10)2-5(12-3)7(8)9/h2,7H,1H3,(H2,10,12)(H2,11,13,14). The Morgan fingerprint density at radius 3 is 2.33 bits per heavy atom. The van der Waals surface area contributed by atoms with E-state index in [1.54, 1.807) is 0 Å². The number of aromatic nitrogens is 1. The molecular formula is C7H9F2N3O2S. The zero-order valence-electron chi connectivity index (χ0n) is 7.74. The number of anilines is 1. The van der Waals surface area contributed by atoms with Crippen LogP contribution in [-0.4, -0.2) is 13.4 Å². The van der Waals surface area contributed by atoms with Crippen LogP contribution in [0.2, 0.25) is 0 Å². The van der Waals surface area contributed by atoms with Crippen molar-refractivity contribution in [3.8, 4) is 0 Å². The molecule has 4 N–H and O–H groups in total. The van der Waals surface area contributed by atoms with Crippen LogP contribution in [0.25, 0.3) is 0 Å². The van der Waals surface area contributed by atoms with E-state index in [4.69, 9.17) is 10.9 Å². The summed E-state index contributed by atoms with van der Waals surface area (Å²) >= 11 is 0. The van der Waals surface area contributed by atoms with E-state index < -0.39 is 27.0 Å². The molecule has 0 aliphatic rings. The maximum Gasteiger partial charge on any atom is 0.280 e. The number of rotatable bonds is 2. The Balaban J connectivity index is 3.48. The van der Waals surface area contributed by atoms with Gasteiger partial charge in [0.05, 0.1) is 11.4 Å². The van der Waals surface area contributed by atoms with Crippen molar-refractivity contribution in [3.63, 3.8) is 0 Å². The predicted octanol–water partition coefficient (Wildman–Crippen LogP) is 0.557. The van der Waals surface area contributed by atoms with E-state index in [0.29, 0.717) is 0 Å². The number of hydrogen-bond donors (Lipinski definition) is 2. The molecule has 0 aliphatic carbocycles. The summed E-state index contributed by atoms with van der Waals surface area (Å²) in [7, 11) is -4.04. The number of nitrogen functional groups attached to an aromatic ring is 1. The van der Waals surface area contributed by atoms with Crippen molar-refractivity contribution in [3.05, 3.63) is 17.5 Å². The monoisotopic (exact) mass is 237 g/mol. The van der Waals surface area contributed by atoms with Crippen LogP contribution in [0, 0.1) is 6.92 Å². The van der Waals surface area contributed by atoms with E-state index in [2.05, 4.69) is 4.98 Å². The first-order chi connectivity index (χ1) is 6.73. The summed E-state index contributed by atoms with van der Waals surface area (Å²) < 4.78 is 46.6. The Morgan fingerprint density at radius 1 is 1.47 bits per heavy atom. The zero-order valence-corrected chi connectivity index (χ0v) is 8.55. The van der Waals surface area contributed by atoms with Crippen LogP contribution >= 0.6 is 0 Å². The summed E-state index contributed by atoms with van der Waals surface area (Å²) in [6, 6.07) is 0.803. The fraction of sp³-hybridized carbons (Fsp3) is 0.286. The Bertz CT molecular complexity index is 464. The maximum atomic E-state index is 12.3. The molecule has 0 atom stereocenters. The molecule has 0 radical (unpaired) electrons. The van der Waals surface area contributed by atoms with Crippen molar-refractivity contribution in [2.45, 2.75) is 18.2 Å². The molecule has 0 aromatic carbocycles. The topological polar surface area (TPSA) is 99.1 Å². The van der Waals surface area contributed by atoms with Crippen LogP contribution in [0.1, 0.15) is 17.8 Å². The number of aryl methyl sites for hydroxylation is 1. The van der Waals surface area contributed by atoms with Crippen molar-refractivity contribution < 1.29 is 17.2 Å². The minimum atomic E-state index is -4.04. The number of pyridine rings is 1. The van der Waals surface area contributed by atoms with E-state index in [1.807, 2.05) is 0 Å². The van der Waals surface area contributed by atoms with Crippen LogP contribution in [0.15, 0.2) is 11.0 Å². The van der Waals surface area contributed by atoms with Crippen molar-refractivity contribution in [1.29, 1.82) is 0 Å². The quantitative estimate of drug-likeness (QED) is 0.784. The third-order valence-corrected chi connectivity index (χ3v) is 2.80. The highest BCUT2D eigenvalue weighted by Gasteiger charge is 2.20. The number of alkyl halides is 2. The van der Waals surface area contributed by atoms with E-state index in [1.165, 1.54) is 6.92 Å². The van der Waals surface area contributed by atoms with Gasteiger partial charge in [-0.1, -0.05) is 0 Å². The predicted molar refractivity (Wildman–Crippen MR) is 49.7 cm³/mol. The second kappa shape index (κ2) is 3.70. The van der Waals surface area contributed by atoms with Gasteiger partial charge < -0.3 is 5.73 Å². The van der Waals surface area contributed by atoms with Crippen LogP contribution in [0.3, 0.4) is 0 Å². The molecule has 0 amide bonds. The number of sulfonamides is 1. The fourth-order valence-corrected chi connectivity index (χ4v) is 2.04. The third kappa shape index (κ3) is 2.39. The number of nitrogens with two attached hydrogens (primary N) is 2. The van der Waals surface area contributed by atoms with Crippen LogP contribution in [0.4, 0.5) is 14.5 Å². The lowest BCUT2D eigenvalue weighted by Crippen LogP contribution is -2.17. The third-order valence-electron chi connectivity index (χ3n) is 1.70. The average molecular weight is 237 g/mol. The fourth-order valence-electron chi connectivity index (χ4n) is 1.19. The average Bonchev–Trinajstić information content (AvgIpc) is 1.99. The van der Waals surface area contributed by atoms with Gasteiger partial charge in [-0.25, -0.2) is 22.3 Å². The summed E-state index contributed by atoms with van der Waals surface area (Å²) in [5.41, 5.74) is 4.29. The van der Waals surface area contributed by atoms with E-state index >= 15 is 0 Å². The van der Waals surface area contributed by atoms with Crippen LogP contribution in [-0.2, 0) is 10.0 Å². The lowest BCUT2D eigenvalue weighted by atomic mass is 10.3. The molecule has 0 unspecified atom stereocenters. The highest BCUT2D eigenvalue weighted by molar-refractivity contribution is 7.89. The first-order valence-electron chi connectivity index (χ1n) is 3.81. The molecule has 0 fully saturated rings. The minimum absolute atomic E-state index is 0.132. The second-order valence-corrected chi connectivity index (χ2v) is 4.39. The lowest BCUT2D eigenvalue weighted by molar-refractivity contribution is 0.146. The molecule has 8 heteroatoms. The van der Waals surface area contributed by atoms with Gasteiger partial charge in [0.1, 0.15) is 10.6 Å². The maximum absolute atomic E-state index is 12.3. The highest BCUT2D eigenvalue weighted by Crippen LogP contribution is 2.25. The first kappa shape index (κ1) is 11.8. The number of nitrogens with zero attached hydrogens (tertiary/aromatic N) is 1. The second-order valence-electron chi connectivity index (χ2n) is 2.90. The van der Waals surface area contributed by atoms with Gasteiger partial charge >= 0.3 is 0 Å². The van der Waals surface area contributed by atoms with Gasteiger partial charge in [0.25, 0.3) is 6.43 Å². The zero-order chi connectivity index (χ0) is 11.8. The van der Waals surface area contributed by atoms with Crippen molar-refractivity contribution in [1.82, 2.24) is 4.98 Å². The Labute approximate surface area is 85.2 Å². The SMILES string of the molecule is Cc1nc(C(F)F)cc(N)c1S(N)(=O)=O. The Morgan fingerprint density at radius 2 is 2.00 bits per heavy atom. The van der Waals surface area contributed by atoms with E-state index in [-0.39, 0.29) is 11.4 Å². The Kier molecular flexibility index (Phi) is 2.91. The molecule has 0 saturated heterocycles. The smallest absolute Gasteiger partial charge is 0.280 e. The molecule has 1 aromatic heterocycles. The highest BCUT2D eigenvalue weighted by atomic mass is 32.2. The van der Waals surface area contributed by atoms with Gasteiger partial charge in [0.15, 0.2) is 0 Å². The molecular weight excluding hydrogens is 228 g/mol. The number of hydrogen-bond acceptors (Lipinski definition) is 4. The summed E-state index contributed by atoms with van der Waals surface area (Å²) in [6.45, 7) is 1.25. The summed E-state index contributed by atoms with van der Waals surface area (Å²) in [6.07, 6.45) is -2.81. The molecule has 0 aliphatic heterocycles. The van der Waals surface area contributed by atoms with Crippen molar-refractivity contribution in [2.75, 3.05) is 5.73 Å². The van der Waals surface area contributed by atoms with E-state index in [9.17, 15) is 17.2 Å².